The van der Waals surface area contributed by atoms with Gasteiger partial charge in [-0.05, 0) is 25.0 Å². The molecule has 0 radical (unpaired) electrons. The van der Waals surface area contributed by atoms with Crippen molar-refractivity contribution in [1.82, 2.24) is 5.32 Å². The normalized spacial score (nSPS) is 11.5. The predicted octanol–water partition coefficient (Wildman–Crippen LogP) is 1.31. The molecule has 0 aromatic heterocycles. The summed E-state index contributed by atoms with van der Waals surface area (Å²) < 4.78 is 9.75. The first-order chi connectivity index (χ1) is 9.08. The van der Waals surface area contributed by atoms with Crippen LogP contribution in [0, 0.1) is 0 Å². The van der Waals surface area contributed by atoms with Crippen molar-refractivity contribution in [2.75, 3.05) is 14.2 Å². The summed E-state index contributed by atoms with van der Waals surface area (Å²) in [6, 6.07) is 6.91. The monoisotopic (exact) mass is 265 g/mol. The second kappa shape index (κ2) is 7.41. The number of aryl methyl sites for hydroxylation is 1. The fourth-order valence-corrected chi connectivity index (χ4v) is 1.71. The van der Waals surface area contributed by atoms with Crippen LogP contribution in [0.25, 0.3) is 0 Å². The Morgan fingerprint density at radius 1 is 1.26 bits per heavy atom. The smallest absolute Gasteiger partial charge is 0.328 e. The molecule has 0 aliphatic rings. The summed E-state index contributed by atoms with van der Waals surface area (Å²) >= 11 is 0. The van der Waals surface area contributed by atoms with Gasteiger partial charge >= 0.3 is 5.97 Å². The second-order valence-electron chi connectivity index (χ2n) is 4.12. The van der Waals surface area contributed by atoms with Crippen LogP contribution in [-0.4, -0.2) is 32.1 Å². The van der Waals surface area contributed by atoms with Crippen molar-refractivity contribution in [2.24, 2.45) is 0 Å². The predicted molar refractivity (Wildman–Crippen MR) is 70.9 cm³/mol. The van der Waals surface area contributed by atoms with Crippen molar-refractivity contribution < 1.29 is 19.1 Å². The van der Waals surface area contributed by atoms with E-state index in [1.807, 2.05) is 24.3 Å². The van der Waals surface area contributed by atoms with E-state index in [9.17, 15) is 9.59 Å². The molecule has 0 spiro atoms. The van der Waals surface area contributed by atoms with Crippen molar-refractivity contribution in [2.45, 2.75) is 25.8 Å². The van der Waals surface area contributed by atoms with Gasteiger partial charge in [0.25, 0.3) is 0 Å². The fourth-order valence-electron chi connectivity index (χ4n) is 1.71. The van der Waals surface area contributed by atoms with E-state index in [1.54, 1.807) is 14.0 Å². The van der Waals surface area contributed by atoms with Crippen molar-refractivity contribution in [1.29, 1.82) is 0 Å². The summed E-state index contributed by atoms with van der Waals surface area (Å²) in [6.07, 6.45) is 0.853. The maximum atomic E-state index is 11.7. The molecule has 1 amide bonds. The molecule has 0 heterocycles. The number of rotatable bonds is 6. The van der Waals surface area contributed by atoms with Crippen LogP contribution >= 0.6 is 0 Å². The first-order valence-corrected chi connectivity index (χ1v) is 6.07. The number of hydrogen-bond donors (Lipinski definition) is 1. The highest BCUT2D eigenvalue weighted by Gasteiger charge is 2.15. The number of amides is 1. The quantitative estimate of drug-likeness (QED) is 0.788. The maximum absolute atomic E-state index is 11.7. The first-order valence-electron chi connectivity index (χ1n) is 6.07. The third-order valence-corrected chi connectivity index (χ3v) is 2.75. The number of esters is 1. The van der Waals surface area contributed by atoms with Gasteiger partial charge in [-0.15, -0.1) is 0 Å². The van der Waals surface area contributed by atoms with Crippen LogP contribution in [0.3, 0.4) is 0 Å². The van der Waals surface area contributed by atoms with Crippen molar-refractivity contribution >= 4 is 11.9 Å². The highest BCUT2D eigenvalue weighted by Crippen LogP contribution is 2.18. The molecule has 1 rings (SSSR count). The molecular weight excluding hydrogens is 246 g/mol. The number of nitrogens with one attached hydrogen (secondary N) is 1. The minimum absolute atomic E-state index is 0.191. The van der Waals surface area contributed by atoms with Crippen LogP contribution in [0.1, 0.15) is 18.9 Å². The summed E-state index contributed by atoms with van der Waals surface area (Å²) in [6.45, 7) is 1.59. The zero-order valence-corrected chi connectivity index (χ0v) is 11.4. The van der Waals surface area contributed by atoms with Gasteiger partial charge in [-0.2, -0.15) is 0 Å². The first kappa shape index (κ1) is 15.0. The largest absolute Gasteiger partial charge is 0.496 e. The minimum atomic E-state index is -0.629. The molecule has 1 aromatic carbocycles. The van der Waals surface area contributed by atoms with Crippen LogP contribution in [0.4, 0.5) is 0 Å². The lowest BCUT2D eigenvalue weighted by Crippen LogP contribution is -2.39. The Hall–Kier alpha value is -2.04. The summed E-state index contributed by atoms with van der Waals surface area (Å²) in [7, 11) is 2.89. The van der Waals surface area contributed by atoms with Gasteiger partial charge in [-0.3, -0.25) is 4.79 Å². The van der Waals surface area contributed by atoms with E-state index >= 15 is 0 Å². The average molecular weight is 265 g/mol. The Bertz CT molecular complexity index is 445. The zero-order chi connectivity index (χ0) is 14.3. The molecule has 0 unspecified atom stereocenters. The highest BCUT2D eigenvalue weighted by atomic mass is 16.5. The third kappa shape index (κ3) is 4.62. The van der Waals surface area contributed by atoms with Gasteiger partial charge in [-0.25, -0.2) is 4.79 Å². The van der Waals surface area contributed by atoms with Crippen molar-refractivity contribution in [3.63, 3.8) is 0 Å². The average Bonchev–Trinajstić information content (AvgIpc) is 2.44. The summed E-state index contributed by atoms with van der Waals surface area (Å²) in [5.41, 5.74) is 0.964. The number of benzene rings is 1. The zero-order valence-electron chi connectivity index (χ0n) is 11.4. The fraction of sp³-hybridized carbons (Fsp3) is 0.429. The molecule has 0 fully saturated rings. The minimum Gasteiger partial charge on any atom is -0.496 e. The molecule has 1 N–H and O–H groups in total. The number of ether oxygens (including phenoxy) is 2. The molecule has 0 bridgehead atoms. The van der Waals surface area contributed by atoms with Crippen LogP contribution in [0.15, 0.2) is 24.3 Å². The summed E-state index contributed by atoms with van der Waals surface area (Å²) in [4.78, 5) is 22.9. The van der Waals surface area contributed by atoms with E-state index in [-0.39, 0.29) is 5.91 Å². The van der Waals surface area contributed by atoms with Crippen LogP contribution in [0.2, 0.25) is 0 Å². The molecule has 0 saturated carbocycles. The SMILES string of the molecule is COC(=O)[C@H](C)NC(=O)CCc1ccccc1OC. The van der Waals surface area contributed by atoms with Crippen LogP contribution in [0.5, 0.6) is 5.75 Å². The topological polar surface area (TPSA) is 64.6 Å². The van der Waals surface area contributed by atoms with Gasteiger partial charge in [0.15, 0.2) is 0 Å². The van der Waals surface area contributed by atoms with Crippen molar-refractivity contribution in [3.05, 3.63) is 29.8 Å². The standard InChI is InChI=1S/C14H19NO4/c1-10(14(17)19-3)15-13(16)9-8-11-6-4-5-7-12(11)18-2/h4-7,10H,8-9H2,1-3H3,(H,15,16)/t10-/m0/s1. The number of carbonyl (C=O) groups excluding carboxylic acids is 2. The lowest BCUT2D eigenvalue weighted by atomic mass is 10.1. The van der Waals surface area contributed by atoms with E-state index in [0.717, 1.165) is 11.3 Å². The number of para-hydroxylation sites is 1. The summed E-state index contributed by atoms with van der Waals surface area (Å²) in [5, 5.41) is 2.58. The Balaban J connectivity index is 2.48. The lowest BCUT2D eigenvalue weighted by Gasteiger charge is -2.12. The van der Waals surface area contributed by atoms with E-state index in [2.05, 4.69) is 10.1 Å². The molecular formula is C14H19NO4. The highest BCUT2D eigenvalue weighted by molar-refractivity contribution is 5.84. The molecule has 19 heavy (non-hydrogen) atoms. The van der Waals surface area contributed by atoms with E-state index in [1.165, 1.54) is 7.11 Å². The van der Waals surface area contributed by atoms with E-state index in [4.69, 9.17) is 4.74 Å². The molecule has 1 atom stereocenters. The van der Waals surface area contributed by atoms with Crippen molar-refractivity contribution in [3.8, 4) is 5.75 Å². The molecule has 5 nitrogen and oxygen atoms in total. The third-order valence-electron chi connectivity index (χ3n) is 2.75. The Morgan fingerprint density at radius 3 is 2.58 bits per heavy atom. The molecule has 0 aliphatic heterocycles. The maximum Gasteiger partial charge on any atom is 0.328 e. The van der Waals surface area contributed by atoms with Crippen LogP contribution in [-0.2, 0) is 20.7 Å². The lowest BCUT2D eigenvalue weighted by molar-refractivity contribution is -0.144. The van der Waals surface area contributed by atoms with E-state index in [0.29, 0.717) is 12.8 Å². The molecule has 0 aliphatic carbocycles. The van der Waals surface area contributed by atoms with E-state index < -0.39 is 12.0 Å². The van der Waals surface area contributed by atoms with Crippen LogP contribution < -0.4 is 10.1 Å². The Morgan fingerprint density at radius 2 is 1.95 bits per heavy atom. The summed E-state index contributed by atoms with van der Waals surface area (Å²) in [5.74, 6) is 0.116. The number of methoxy groups -OCH3 is 2. The number of hydrogen-bond acceptors (Lipinski definition) is 4. The molecule has 1 aromatic rings. The Kier molecular flexibility index (Phi) is 5.85. The van der Waals surface area contributed by atoms with Gasteiger partial charge < -0.3 is 14.8 Å². The molecule has 5 heteroatoms. The van der Waals surface area contributed by atoms with Gasteiger partial charge in [0.2, 0.25) is 5.91 Å². The number of carbonyl (C=O) groups is 2. The van der Waals surface area contributed by atoms with Gasteiger partial charge in [0, 0.05) is 6.42 Å². The molecule has 104 valence electrons. The Labute approximate surface area is 112 Å². The van der Waals surface area contributed by atoms with Gasteiger partial charge in [-0.1, -0.05) is 18.2 Å². The molecule has 0 saturated heterocycles. The second-order valence-corrected chi connectivity index (χ2v) is 4.12. The van der Waals surface area contributed by atoms with Gasteiger partial charge in [0.05, 0.1) is 14.2 Å². The van der Waals surface area contributed by atoms with Gasteiger partial charge in [0.1, 0.15) is 11.8 Å².